The van der Waals surface area contributed by atoms with Crippen molar-refractivity contribution in [3.8, 4) is 5.75 Å². The van der Waals surface area contributed by atoms with E-state index in [0.29, 0.717) is 4.47 Å². The second kappa shape index (κ2) is 5.82. The lowest BCUT2D eigenvalue weighted by Gasteiger charge is -2.06. The molecule has 1 aromatic rings. The van der Waals surface area contributed by atoms with Crippen molar-refractivity contribution < 1.29 is 18.7 Å². The van der Waals surface area contributed by atoms with E-state index < -0.39 is 5.82 Å². The highest BCUT2D eigenvalue weighted by atomic mass is 79.9. The van der Waals surface area contributed by atoms with Crippen LogP contribution in [0.4, 0.5) is 4.39 Å². The van der Waals surface area contributed by atoms with Crippen molar-refractivity contribution in [2.24, 2.45) is 0 Å². The van der Waals surface area contributed by atoms with Gasteiger partial charge in [-0.05, 0) is 18.2 Å². The van der Waals surface area contributed by atoms with Crippen molar-refractivity contribution >= 4 is 21.7 Å². The molecule has 0 bridgehead atoms. The zero-order chi connectivity index (χ0) is 11.3. The Labute approximate surface area is 95.3 Å². The zero-order valence-corrected chi connectivity index (χ0v) is 9.71. The van der Waals surface area contributed by atoms with Crippen LogP contribution in [-0.4, -0.2) is 26.1 Å². The van der Waals surface area contributed by atoms with E-state index >= 15 is 0 Å². The molecule has 3 nitrogen and oxygen atoms in total. The first-order chi connectivity index (χ1) is 7.13. The maximum atomic E-state index is 13.1. The quantitative estimate of drug-likeness (QED) is 0.827. The zero-order valence-electron chi connectivity index (χ0n) is 8.13. The molecule has 0 aliphatic rings. The predicted molar refractivity (Wildman–Crippen MR) is 56.5 cm³/mol. The molecule has 0 atom stereocenters. The second-order valence-electron chi connectivity index (χ2n) is 2.84. The molecule has 1 aromatic carbocycles. The molecule has 0 aromatic heterocycles. The molecule has 15 heavy (non-hydrogen) atoms. The van der Waals surface area contributed by atoms with Crippen molar-refractivity contribution in [3.63, 3.8) is 0 Å². The summed E-state index contributed by atoms with van der Waals surface area (Å²) >= 11 is 3.18. The first-order valence-electron chi connectivity index (χ1n) is 4.22. The van der Waals surface area contributed by atoms with Gasteiger partial charge in [-0.1, -0.05) is 15.9 Å². The normalized spacial score (nSPS) is 10.1. The van der Waals surface area contributed by atoms with Crippen LogP contribution in [0.3, 0.4) is 0 Å². The van der Waals surface area contributed by atoms with E-state index in [1.807, 2.05) is 0 Å². The molecular weight excluding hydrogens is 267 g/mol. The van der Waals surface area contributed by atoms with Gasteiger partial charge in [0.25, 0.3) is 0 Å². The molecule has 0 aliphatic carbocycles. The lowest BCUT2D eigenvalue weighted by atomic mass is 10.3. The van der Waals surface area contributed by atoms with E-state index in [1.165, 1.54) is 19.2 Å². The third-order valence-corrected chi connectivity index (χ3v) is 2.08. The summed E-state index contributed by atoms with van der Waals surface area (Å²) in [6.07, 6.45) is 0. The molecular formula is C10H10BrFO3. The van der Waals surface area contributed by atoms with Gasteiger partial charge < -0.3 is 9.47 Å². The van der Waals surface area contributed by atoms with Crippen molar-refractivity contribution in [2.45, 2.75) is 0 Å². The van der Waals surface area contributed by atoms with Gasteiger partial charge in [-0.3, -0.25) is 4.79 Å². The monoisotopic (exact) mass is 276 g/mol. The molecule has 5 heteroatoms. The van der Waals surface area contributed by atoms with Gasteiger partial charge in [-0.25, -0.2) is 4.39 Å². The second-order valence-corrected chi connectivity index (χ2v) is 3.75. The largest absolute Gasteiger partial charge is 0.483 e. The highest BCUT2D eigenvalue weighted by molar-refractivity contribution is 9.10. The molecule has 0 amide bonds. The van der Waals surface area contributed by atoms with Crippen LogP contribution in [-0.2, 0) is 9.53 Å². The van der Waals surface area contributed by atoms with Crippen LogP contribution in [0, 0.1) is 5.82 Å². The number of ketones is 1. The lowest BCUT2D eigenvalue weighted by molar-refractivity contribution is -0.124. The number of rotatable bonds is 5. The van der Waals surface area contributed by atoms with Crippen LogP contribution in [0.2, 0.25) is 0 Å². The molecule has 82 valence electrons. The highest BCUT2D eigenvalue weighted by Crippen LogP contribution is 2.21. The first kappa shape index (κ1) is 12.1. The fraction of sp³-hybridized carbons (Fsp3) is 0.300. The number of hydrogen-bond donors (Lipinski definition) is 0. The van der Waals surface area contributed by atoms with Crippen LogP contribution in [0.1, 0.15) is 0 Å². The number of benzene rings is 1. The molecule has 0 aliphatic heterocycles. The highest BCUT2D eigenvalue weighted by Gasteiger charge is 2.07. The molecule has 0 unspecified atom stereocenters. The summed E-state index contributed by atoms with van der Waals surface area (Å²) in [5.41, 5.74) is 0. The summed E-state index contributed by atoms with van der Waals surface area (Å²) in [7, 11) is 1.41. The fourth-order valence-electron chi connectivity index (χ4n) is 0.949. The third kappa shape index (κ3) is 3.97. The summed E-state index contributed by atoms with van der Waals surface area (Å²) in [4.78, 5) is 11.0. The Morgan fingerprint density at radius 3 is 2.87 bits per heavy atom. The van der Waals surface area contributed by atoms with Crippen LogP contribution < -0.4 is 4.74 Å². The molecule has 1 rings (SSSR count). The topological polar surface area (TPSA) is 35.5 Å². The molecule has 0 fully saturated rings. The Morgan fingerprint density at radius 1 is 1.47 bits per heavy atom. The maximum Gasteiger partial charge on any atom is 0.195 e. The Bertz CT molecular complexity index is 355. The van der Waals surface area contributed by atoms with E-state index in [9.17, 15) is 9.18 Å². The average Bonchev–Trinajstić information content (AvgIpc) is 2.20. The van der Waals surface area contributed by atoms with Crippen molar-refractivity contribution in [1.82, 2.24) is 0 Å². The van der Waals surface area contributed by atoms with Gasteiger partial charge in [0.2, 0.25) is 0 Å². The molecule has 0 heterocycles. The van der Waals surface area contributed by atoms with E-state index in [0.717, 1.165) is 0 Å². The number of hydrogen-bond acceptors (Lipinski definition) is 3. The number of carbonyl (C=O) groups excluding carboxylic acids is 1. The van der Waals surface area contributed by atoms with Gasteiger partial charge in [0, 0.05) is 11.6 Å². The summed E-state index contributed by atoms with van der Waals surface area (Å²) in [5, 5.41) is 0. The third-order valence-electron chi connectivity index (χ3n) is 1.59. The van der Waals surface area contributed by atoms with E-state index in [2.05, 4.69) is 20.7 Å². The summed E-state index contributed by atoms with van der Waals surface area (Å²) in [6, 6.07) is 4.29. The SMILES string of the molecule is COCC(=O)COc1cc(Br)ccc1F. The smallest absolute Gasteiger partial charge is 0.195 e. The van der Waals surface area contributed by atoms with Gasteiger partial charge in [-0.15, -0.1) is 0 Å². The van der Waals surface area contributed by atoms with Crippen LogP contribution in [0.25, 0.3) is 0 Å². The van der Waals surface area contributed by atoms with Gasteiger partial charge in [0.15, 0.2) is 17.3 Å². The van der Waals surface area contributed by atoms with Crippen LogP contribution in [0.5, 0.6) is 5.75 Å². The van der Waals surface area contributed by atoms with Crippen molar-refractivity contribution in [3.05, 3.63) is 28.5 Å². The maximum absolute atomic E-state index is 13.1. The molecule has 0 radical (unpaired) electrons. The lowest BCUT2D eigenvalue weighted by Crippen LogP contribution is -2.16. The van der Waals surface area contributed by atoms with Crippen LogP contribution in [0.15, 0.2) is 22.7 Å². The number of Topliss-reactive ketones (excluding diaryl/α,β-unsaturated/α-hetero) is 1. The summed E-state index contributed by atoms with van der Waals surface area (Å²) in [6.45, 7) is -0.225. The van der Waals surface area contributed by atoms with E-state index in [-0.39, 0.29) is 24.7 Å². The minimum Gasteiger partial charge on any atom is -0.483 e. The van der Waals surface area contributed by atoms with Gasteiger partial charge in [0.05, 0.1) is 0 Å². The number of halogens is 2. The van der Waals surface area contributed by atoms with Crippen LogP contribution >= 0.6 is 15.9 Å². The Morgan fingerprint density at radius 2 is 2.20 bits per heavy atom. The van der Waals surface area contributed by atoms with E-state index in [4.69, 9.17) is 4.74 Å². The van der Waals surface area contributed by atoms with E-state index in [1.54, 1.807) is 6.07 Å². The first-order valence-corrected chi connectivity index (χ1v) is 5.01. The van der Waals surface area contributed by atoms with Gasteiger partial charge in [0.1, 0.15) is 13.2 Å². The van der Waals surface area contributed by atoms with Gasteiger partial charge in [-0.2, -0.15) is 0 Å². The minimum atomic E-state index is -0.497. The summed E-state index contributed by atoms with van der Waals surface area (Å²) < 4.78 is 23.4. The minimum absolute atomic E-state index is 0.0321. The fourth-order valence-corrected chi connectivity index (χ4v) is 1.29. The molecule has 0 spiro atoms. The Balaban J connectivity index is 2.57. The molecule has 0 saturated carbocycles. The summed E-state index contributed by atoms with van der Waals surface area (Å²) in [5.74, 6) is -0.686. The molecule has 0 saturated heterocycles. The Hall–Kier alpha value is -0.940. The average molecular weight is 277 g/mol. The standard InChI is InChI=1S/C10H10BrFO3/c1-14-5-8(13)6-15-10-4-7(11)2-3-9(10)12/h2-4H,5-6H2,1H3. The predicted octanol–water partition coefficient (Wildman–Crippen LogP) is 2.18. The van der Waals surface area contributed by atoms with Gasteiger partial charge >= 0.3 is 0 Å². The Kier molecular flexibility index (Phi) is 4.71. The number of carbonyl (C=O) groups is 1. The number of methoxy groups -OCH3 is 1. The van der Waals surface area contributed by atoms with Crippen molar-refractivity contribution in [1.29, 1.82) is 0 Å². The van der Waals surface area contributed by atoms with Crippen molar-refractivity contribution in [2.75, 3.05) is 20.3 Å². The number of ether oxygens (including phenoxy) is 2. The molecule has 0 N–H and O–H groups in total.